The van der Waals surface area contributed by atoms with E-state index in [0.717, 1.165) is 11.6 Å². The Morgan fingerprint density at radius 3 is 2.76 bits per heavy atom. The molecule has 4 heteroatoms. The number of aliphatic hydroxyl groups is 1. The second-order valence-corrected chi connectivity index (χ2v) is 5.29. The minimum atomic E-state index is -2.79. The highest BCUT2D eigenvalue weighted by atomic mass is 16.5. The fraction of sp³-hybridized carbons (Fsp3) is 0.429. The van der Waals surface area contributed by atoms with Crippen molar-refractivity contribution >= 4 is 0 Å². The van der Waals surface area contributed by atoms with Gasteiger partial charge >= 0.3 is 0 Å². The number of aryl methyl sites for hydroxylation is 2. The Hall–Kier alpha value is -2.20. The van der Waals surface area contributed by atoms with Crippen molar-refractivity contribution in [3.05, 3.63) is 53.6 Å². The van der Waals surface area contributed by atoms with Crippen LogP contribution in [-0.4, -0.2) is 31.9 Å². The highest BCUT2D eigenvalue weighted by Crippen LogP contribution is 2.28. The number of hydrogen-bond acceptors (Lipinski definition) is 4. The molecular weight excluding hydrogens is 316 g/mol. The topological polar surface area (TPSA) is 47.9 Å². The van der Waals surface area contributed by atoms with Crippen LogP contribution in [0.5, 0.6) is 17.2 Å². The van der Waals surface area contributed by atoms with Crippen molar-refractivity contribution < 1.29 is 31.7 Å². The van der Waals surface area contributed by atoms with E-state index in [1.165, 1.54) is 25.3 Å². The molecule has 2 aromatic rings. The minimum absolute atomic E-state index is 0.0110. The molecule has 0 saturated heterocycles. The van der Waals surface area contributed by atoms with E-state index < -0.39 is 45.3 Å². The van der Waals surface area contributed by atoms with Gasteiger partial charge in [-0.25, -0.2) is 0 Å². The third-order valence-corrected chi connectivity index (χ3v) is 3.34. The second kappa shape index (κ2) is 9.94. The molecule has 0 aromatic heterocycles. The van der Waals surface area contributed by atoms with E-state index in [1.807, 2.05) is 0 Å². The van der Waals surface area contributed by atoms with Crippen LogP contribution < -0.4 is 14.2 Å². The Bertz CT molecular complexity index is 977. The summed E-state index contributed by atoms with van der Waals surface area (Å²) in [6.07, 6.45) is -7.93. The van der Waals surface area contributed by atoms with E-state index >= 15 is 0 Å². The van der Waals surface area contributed by atoms with Gasteiger partial charge in [0.05, 0.1) is 27.1 Å². The van der Waals surface area contributed by atoms with Gasteiger partial charge < -0.3 is 19.3 Å². The molecule has 0 saturated carbocycles. The average molecular weight is 354 g/mol. The third kappa shape index (κ3) is 6.31. The van der Waals surface area contributed by atoms with Gasteiger partial charge in [-0.2, -0.15) is 0 Å². The van der Waals surface area contributed by atoms with Gasteiger partial charge in [0.2, 0.25) is 0 Å². The van der Waals surface area contributed by atoms with Crippen molar-refractivity contribution in [1.82, 2.24) is 0 Å². The second-order valence-electron chi connectivity index (χ2n) is 5.29. The predicted octanol–water partition coefficient (Wildman–Crippen LogP) is 4.16. The molecule has 0 aliphatic carbocycles. The molecular formula is C21H28O4. The van der Waals surface area contributed by atoms with E-state index in [9.17, 15) is 5.11 Å². The molecule has 0 amide bonds. The van der Waals surface area contributed by atoms with Crippen LogP contribution >= 0.6 is 0 Å². The van der Waals surface area contributed by atoms with Crippen molar-refractivity contribution in [2.75, 3.05) is 20.7 Å². The van der Waals surface area contributed by atoms with E-state index in [2.05, 4.69) is 0 Å². The summed E-state index contributed by atoms with van der Waals surface area (Å²) in [4.78, 5) is 0. The van der Waals surface area contributed by atoms with Gasteiger partial charge in [0.25, 0.3) is 0 Å². The zero-order valence-corrected chi connectivity index (χ0v) is 14.2. The van der Waals surface area contributed by atoms with E-state index in [0.29, 0.717) is 0 Å². The monoisotopic (exact) mass is 353 g/mol. The molecule has 0 bridgehead atoms. The van der Waals surface area contributed by atoms with E-state index in [1.54, 1.807) is 25.1 Å². The summed E-state index contributed by atoms with van der Waals surface area (Å²) in [7, 11) is -1.48. The van der Waals surface area contributed by atoms with Gasteiger partial charge in [0.1, 0.15) is 12.3 Å². The average Bonchev–Trinajstić information content (AvgIpc) is 2.70. The lowest BCUT2D eigenvalue weighted by Gasteiger charge is -2.13. The van der Waals surface area contributed by atoms with Gasteiger partial charge in [0.15, 0.2) is 11.5 Å². The maximum atomic E-state index is 10.4. The van der Waals surface area contributed by atoms with Gasteiger partial charge in [0, 0.05) is 5.48 Å². The van der Waals surface area contributed by atoms with Crippen molar-refractivity contribution in [2.45, 2.75) is 38.6 Å². The molecule has 0 spiro atoms. The Morgan fingerprint density at radius 1 is 1.12 bits per heavy atom. The van der Waals surface area contributed by atoms with Crippen LogP contribution in [0.4, 0.5) is 0 Å². The first-order chi connectivity index (χ1) is 15.5. The molecule has 0 radical (unpaired) electrons. The third-order valence-electron chi connectivity index (χ3n) is 3.34. The number of rotatable bonds is 10. The molecule has 0 heterocycles. The summed E-state index contributed by atoms with van der Waals surface area (Å²) in [6.45, 7) is -1.02. The molecule has 0 fully saturated rings. The van der Waals surface area contributed by atoms with Crippen LogP contribution in [0.1, 0.15) is 42.7 Å². The molecule has 1 unspecified atom stereocenters. The molecule has 2 aromatic carbocycles. The summed E-state index contributed by atoms with van der Waals surface area (Å²) < 4.78 is 86.0. The normalized spacial score (nSPS) is 19.4. The maximum absolute atomic E-state index is 10.4. The quantitative estimate of drug-likeness (QED) is 0.696. The summed E-state index contributed by atoms with van der Waals surface area (Å²) in [5.41, 5.74) is 0.803. The van der Waals surface area contributed by atoms with Gasteiger partial charge in [-0.1, -0.05) is 24.6 Å². The molecule has 136 valence electrons. The molecule has 0 aliphatic rings. The number of aliphatic hydroxyl groups excluding tert-OH is 1. The Kier molecular flexibility index (Phi) is 4.01. The van der Waals surface area contributed by atoms with Crippen LogP contribution in [0.2, 0.25) is 0 Å². The van der Waals surface area contributed by atoms with Crippen molar-refractivity contribution in [2.24, 2.45) is 0 Å². The Balaban J connectivity index is 2.17. The number of hydrogen-bond donors (Lipinski definition) is 1. The van der Waals surface area contributed by atoms with Crippen LogP contribution in [0.15, 0.2) is 42.5 Å². The largest absolute Gasteiger partial charge is 0.493 e. The summed E-state index contributed by atoms with van der Waals surface area (Å²) >= 11 is 0. The minimum Gasteiger partial charge on any atom is -0.493 e. The van der Waals surface area contributed by atoms with Crippen molar-refractivity contribution in [3.63, 3.8) is 0 Å². The lowest BCUT2D eigenvalue weighted by Crippen LogP contribution is -2.17. The molecule has 25 heavy (non-hydrogen) atoms. The standard InChI is InChI=1S/C21H28O4/c1-16-7-6-10-19(13-16)25-15-18(22)9-5-4-8-17-11-12-20(23-2)21(14-17)24-3/h6-7,10-14,18,22H,4-5,8-9,15H2,1-3H3/i3D3,8D2,9D2,15D2. The van der Waals surface area contributed by atoms with Crippen molar-refractivity contribution in [3.8, 4) is 17.2 Å². The first kappa shape index (κ1) is 10.1. The lowest BCUT2D eigenvalue weighted by atomic mass is 10.0. The van der Waals surface area contributed by atoms with Gasteiger partial charge in [-0.3, -0.25) is 0 Å². The fourth-order valence-electron chi connectivity index (χ4n) is 2.13. The number of methoxy groups -OCH3 is 2. The van der Waals surface area contributed by atoms with Crippen molar-refractivity contribution in [1.29, 1.82) is 0 Å². The lowest BCUT2D eigenvalue weighted by molar-refractivity contribution is 0.0976. The maximum Gasteiger partial charge on any atom is 0.160 e. The Morgan fingerprint density at radius 2 is 2.00 bits per heavy atom. The van der Waals surface area contributed by atoms with Gasteiger partial charge in [-0.05, 0) is 61.5 Å². The van der Waals surface area contributed by atoms with E-state index in [4.69, 9.17) is 26.5 Å². The van der Waals surface area contributed by atoms with Crippen LogP contribution in [0.25, 0.3) is 0 Å². The summed E-state index contributed by atoms with van der Waals surface area (Å²) in [5, 5.41) is 10.4. The smallest absolute Gasteiger partial charge is 0.160 e. The predicted molar refractivity (Wildman–Crippen MR) is 99.8 cm³/mol. The van der Waals surface area contributed by atoms with Crippen LogP contribution in [-0.2, 0) is 6.37 Å². The number of benzene rings is 2. The zero-order chi connectivity index (χ0) is 25.9. The fourth-order valence-corrected chi connectivity index (χ4v) is 2.13. The first-order valence-corrected chi connectivity index (χ1v) is 7.78. The summed E-state index contributed by atoms with van der Waals surface area (Å²) in [5.74, 6) is 0.00734. The van der Waals surface area contributed by atoms with Gasteiger partial charge in [-0.15, -0.1) is 0 Å². The SMILES string of the molecule is [2H]C([2H])([2H])Oc1cc(C([2H])([2H])CCC([2H])([2H])C(O)C([2H])([2H])Oc2cccc(C)c2)ccc1OC. The first-order valence-electron chi connectivity index (χ1n) is 12.3. The molecule has 2 rings (SSSR count). The molecule has 1 atom stereocenters. The molecule has 1 N–H and O–H groups in total. The summed E-state index contributed by atoms with van der Waals surface area (Å²) in [6, 6.07) is 10.3. The van der Waals surface area contributed by atoms with Crippen LogP contribution in [0, 0.1) is 6.92 Å². The molecule has 0 aliphatic heterocycles. The van der Waals surface area contributed by atoms with E-state index in [-0.39, 0.29) is 22.8 Å². The highest BCUT2D eigenvalue weighted by Gasteiger charge is 2.07. The zero-order valence-electron chi connectivity index (χ0n) is 23.2. The Labute approximate surface area is 163 Å². The highest BCUT2D eigenvalue weighted by molar-refractivity contribution is 5.42. The molecule has 4 nitrogen and oxygen atoms in total. The van der Waals surface area contributed by atoms with Crippen LogP contribution in [0.3, 0.4) is 0 Å². The number of ether oxygens (including phenoxy) is 3.